The van der Waals surface area contributed by atoms with Gasteiger partial charge in [0.15, 0.2) is 12.6 Å². The van der Waals surface area contributed by atoms with E-state index >= 15 is 0 Å². The van der Waals surface area contributed by atoms with Crippen molar-refractivity contribution in [2.75, 3.05) is 34.5 Å². The van der Waals surface area contributed by atoms with Crippen molar-refractivity contribution in [1.29, 1.82) is 0 Å². The van der Waals surface area contributed by atoms with Crippen LogP contribution >= 0.6 is 0 Å². The molecule has 2 rings (SSSR count). The quantitative estimate of drug-likeness (QED) is 0.660. The summed E-state index contributed by atoms with van der Waals surface area (Å²) >= 11 is 0. The van der Waals surface area contributed by atoms with E-state index < -0.39 is 24.8 Å². The van der Waals surface area contributed by atoms with Gasteiger partial charge >= 0.3 is 0 Å². The van der Waals surface area contributed by atoms with Crippen LogP contribution in [-0.4, -0.2) is 87.9 Å². The van der Waals surface area contributed by atoms with Gasteiger partial charge in [0.05, 0.1) is 25.4 Å². The van der Waals surface area contributed by atoms with E-state index in [9.17, 15) is 10.2 Å². The third-order valence-electron chi connectivity index (χ3n) is 4.10. The molecule has 0 aromatic rings. The molecule has 22 heavy (non-hydrogen) atoms. The molecule has 2 saturated heterocycles. The van der Waals surface area contributed by atoms with Crippen LogP contribution in [0.4, 0.5) is 0 Å². The molecule has 8 heteroatoms. The van der Waals surface area contributed by atoms with E-state index in [1.165, 1.54) is 7.11 Å². The number of rotatable bonds is 6. The van der Waals surface area contributed by atoms with Gasteiger partial charge in [-0.05, 0) is 0 Å². The van der Waals surface area contributed by atoms with Crippen LogP contribution < -0.4 is 0 Å². The molecule has 0 aromatic carbocycles. The molecule has 2 heterocycles. The molecule has 7 atom stereocenters. The molecule has 0 radical (unpaired) electrons. The fourth-order valence-electron chi connectivity index (χ4n) is 2.85. The average molecular weight is 322 g/mol. The number of hydrogen-bond acceptors (Lipinski definition) is 8. The first-order valence-corrected chi connectivity index (χ1v) is 7.42. The van der Waals surface area contributed by atoms with Gasteiger partial charge in [-0.1, -0.05) is 0 Å². The van der Waals surface area contributed by atoms with Crippen LogP contribution in [-0.2, 0) is 28.4 Å². The summed E-state index contributed by atoms with van der Waals surface area (Å²) in [4.78, 5) is 0. The molecule has 0 amide bonds. The highest BCUT2D eigenvalue weighted by Gasteiger charge is 2.41. The Labute approximate surface area is 130 Å². The fraction of sp³-hybridized carbons (Fsp3) is 1.00. The Balaban J connectivity index is 1.92. The van der Waals surface area contributed by atoms with Gasteiger partial charge in [0.2, 0.25) is 0 Å². The van der Waals surface area contributed by atoms with Crippen LogP contribution in [0.5, 0.6) is 0 Å². The van der Waals surface area contributed by atoms with Gasteiger partial charge in [-0.3, -0.25) is 0 Å². The van der Waals surface area contributed by atoms with Gasteiger partial charge in [0.25, 0.3) is 0 Å². The van der Waals surface area contributed by atoms with Gasteiger partial charge in [-0.2, -0.15) is 0 Å². The van der Waals surface area contributed by atoms with Crippen LogP contribution in [0.2, 0.25) is 0 Å². The molecule has 8 nitrogen and oxygen atoms in total. The molecule has 0 saturated carbocycles. The third-order valence-corrected chi connectivity index (χ3v) is 4.10. The van der Waals surface area contributed by atoms with Crippen molar-refractivity contribution in [3.8, 4) is 0 Å². The smallest absolute Gasteiger partial charge is 0.184 e. The van der Waals surface area contributed by atoms with Crippen LogP contribution in [0, 0.1) is 0 Å². The van der Waals surface area contributed by atoms with Crippen molar-refractivity contribution in [2.45, 2.75) is 55.9 Å². The third kappa shape index (κ3) is 4.15. The maximum Gasteiger partial charge on any atom is 0.184 e. The Morgan fingerprint density at radius 2 is 1.73 bits per heavy atom. The Morgan fingerprint density at radius 1 is 1.00 bits per heavy atom. The highest BCUT2D eigenvalue weighted by molar-refractivity contribution is 4.84. The maximum absolute atomic E-state index is 9.91. The second-order valence-electron chi connectivity index (χ2n) is 5.51. The van der Waals surface area contributed by atoms with E-state index in [-0.39, 0.29) is 24.9 Å². The molecule has 130 valence electrons. The summed E-state index contributed by atoms with van der Waals surface area (Å²) in [6.07, 6.45) is -2.46. The molecule has 0 bridgehead atoms. The molecule has 2 fully saturated rings. The Bertz CT molecular complexity index is 328. The highest BCUT2D eigenvalue weighted by Crippen LogP contribution is 2.28. The highest BCUT2D eigenvalue weighted by atomic mass is 16.7. The zero-order chi connectivity index (χ0) is 16.1. The van der Waals surface area contributed by atoms with Crippen LogP contribution in [0.25, 0.3) is 0 Å². The van der Waals surface area contributed by atoms with Crippen molar-refractivity contribution in [1.82, 2.24) is 0 Å². The lowest BCUT2D eigenvalue weighted by Gasteiger charge is -2.41. The van der Waals surface area contributed by atoms with Gasteiger partial charge in [-0.25, -0.2) is 0 Å². The summed E-state index contributed by atoms with van der Waals surface area (Å²) in [5, 5.41) is 19.3. The lowest BCUT2D eigenvalue weighted by Crippen LogP contribution is -2.53. The maximum atomic E-state index is 9.91. The predicted molar refractivity (Wildman–Crippen MR) is 74.2 cm³/mol. The number of hydrogen-bond donors (Lipinski definition) is 2. The van der Waals surface area contributed by atoms with Crippen LogP contribution in [0.3, 0.4) is 0 Å². The summed E-state index contributed by atoms with van der Waals surface area (Å²) in [6, 6.07) is 0. The standard InChI is InChI=1S/C14H26O8/c1-17-10-5-11(18-2)14(22-12(10)6-15)21-8-4-9(16)13(19-3)20-7-8/h8-16H,4-7H2,1-3H3/t8-,9-,10-,11-,12?,13+,14+/m0/s1. The Morgan fingerprint density at radius 3 is 2.27 bits per heavy atom. The second kappa shape index (κ2) is 8.51. The molecule has 2 aliphatic rings. The van der Waals surface area contributed by atoms with E-state index in [1.54, 1.807) is 14.2 Å². The summed E-state index contributed by atoms with van der Waals surface area (Å²) in [5.74, 6) is 0. The Kier molecular flexibility index (Phi) is 6.97. The largest absolute Gasteiger partial charge is 0.394 e. The minimum Gasteiger partial charge on any atom is -0.394 e. The van der Waals surface area contributed by atoms with Crippen LogP contribution in [0.15, 0.2) is 0 Å². The number of aliphatic hydroxyl groups excluding tert-OH is 2. The van der Waals surface area contributed by atoms with Crippen molar-refractivity contribution in [2.24, 2.45) is 0 Å². The van der Waals surface area contributed by atoms with E-state index in [2.05, 4.69) is 0 Å². The van der Waals surface area contributed by atoms with Gasteiger partial charge < -0.3 is 38.6 Å². The Hall–Kier alpha value is -0.320. The van der Waals surface area contributed by atoms with Gasteiger partial charge in [0, 0.05) is 34.2 Å². The first-order chi connectivity index (χ1) is 10.6. The second-order valence-corrected chi connectivity index (χ2v) is 5.51. The topological polar surface area (TPSA) is 95.8 Å². The van der Waals surface area contributed by atoms with Crippen molar-refractivity contribution >= 4 is 0 Å². The molecule has 2 aliphatic heterocycles. The number of methoxy groups -OCH3 is 3. The lowest BCUT2D eigenvalue weighted by atomic mass is 10.0. The summed E-state index contributed by atoms with van der Waals surface area (Å²) in [6.45, 7) is 0.133. The number of ether oxygens (including phenoxy) is 6. The molecule has 1 unspecified atom stereocenters. The predicted octanol–water partition coefficient (Wildman–Crippen LogP) is -0.737. The fourth-order valence-corrected chi connectivity index (χ4v) is 2.85. The van der Waals surface area contributed by atoms with Crippen molar-refractivity contribution in [3.05, 3.63) is 0 Å². The van der Waals surface area contributed by atoms with E-state index in [0.717, 1.165) is 0 Å². The molecule has 0 aromatic heterocycles. The minimum atomic E-state index is -0.756. The molecule has 2 N–H and O–H groups in total. The summed E-state index contributed by atoms with van der Waals surface area (Å²) < 4.78 is 32.7. The summed E-state index contributed by atoms with van der Waals surface area (Å²) in [5.41, 5.74) is 0. The zero-order valence-corrected chi connectivity index (χ0v) is 13.2. The molecule has 0 aliphatic carbocycles. The molecular weight excluding hydrogens is 296 g/mol. The monoisotopic (exact) mass is 322 g/mol. The number of aliphatic hydroxyl groups is 2. The molecule has 0 spiro atoms. The van der Waals surface area contributed by atoms with Gasteiger partial charge in [-0.15, -0.1) is 0 Å². The van der Waals surface area contributed by atoms with Gasteiger partial charge in [0.1, 0.15) is 18.3 Å². The first-order valence-electron chi connectivity index (χ1n) is 7.42. The van der Waals surface area contributed by atoms with E-state index in [1.807, 2.05) is 0 Å². The normalized spacial score (nSPS) is 43.2. The van der Waals surface area contributed by atoms with Crippen molar-refractivity contribution < 1.29 is 38.6 Å². The summed E-state index contributed by atoms with van der Waals surface area (Å²) in [7, 11) is 4.63. The molecular formula is C14H26O8. The average Bonchev–Trinajstić information content (AvgIpc) is 2.54. The zero-order valence-electron chi connectivity index (χ0n) is 13.2. The lowest BCUT2D eigenvalue weighted by molar-refractivity contribution is -0.312. The van der Waals surface area contributed by atoms with E-state index in [4.69, 9.17) is 28.4 Å². The minimum absolute atomic E-state index is 0.162. The van der Waals surface area contributed by atoms with E-state index in [0.29, 0.717) is 19.4 Å². The SMILES string of the molecule is CO[C@@H]1OC[C@@H](O[C@@H]2OC(CO)[C@@H](OC)C[C@@H]2OC)C[C@@H]1O. The van der Waals surface area contributed by atoms with Crippen LogP contribution in [0.1, 0.15) is 12.8 Å². The van der Waals surface area contributed by atoms with Crippen molar-refractivity contribution in [3.63, 3.8) is 0 Å². The first kappa shape index (κ1) is 18.0.